The number of rotatable bonds is 4. The van der Waals surface area contributed by atoms with Crippen LogP contribution in [0.3, 0.4) is 0 Å². The first-order chi connectivity index (χ1) is 5.84. The molecular formula is C8H10FNO2. The monoisotopic (exact) mass is 171 g/mol. The molecule has 0 heterocycles. The average Bonchev–Trinajstić information content (AvgIpc) is 2.09. The summed E-state index contributed by atoms with van der Waals surface area (Å²) in [4.78, 5) is 0. The second-order valence-electron chi connectivity index (χ2n) is 2.19. The number of halogens is 1. The van der Waals surface area contributed by atoms with E-state index in [1.165, 1.54) is 12.1 Å². The fraction of sp³-hybridized carbons (Fsp3) is 0.250. The Balaban J connectivity index is 2.46. The smallest absolute Gasteiger partial charge is 0.165 e. The lowest BCUT2D eigenvalue weighted by molar-refractivity contribution is 0.144. The molecule has 0 aliphatic heterocycles. The SMILES string of the molecule is ONCCOc1ccccc1F. The summed E-state index contributed by atoms with van der Waals surface area (Å²) in [5.74, 6) is -0.191. The highest BCUT2D eigenvalue weighted by atomic mass is 19.1. The molecule has 1 aromatic rings. The first-order valence-electron chi connectivity index (χ1n) is 3.59. The molecule has 12 heavy (non-hydrogen) atoms. The summed E-state index contributed by atoms with van der Waals surface area (Å²) in [7, 11) is 0. The molecule has 4 heteroatoms. The van der Waals surface area contributed by atoms with Gasteiger partial charge in [-0.1, -0.05) is 12.1 Å². The molecule has 66 valence electrons. The van der Waals surface area contributed by atoms with E-state index >= 15 is 0 Å². The van der Waals surface area contributed by atoms with E-state index in [0.717, 1.165) is 0 Å². The molecule has 1 aromatic carbocycles. The van der Waals surface area contributed by atoms with Crippen molar-refractivity contribution in [3.63, 3.8) is 0 Å². The summed E-state index contributed by atoms with van der Waals surface area (Å²) in [6, 6.07) is 6.13. The highest BCUT2D eigenvalue weighted by Crippen LogP contribution is 2.14. The number of nitrogens with one attached hydrogen (secondary N) is 1. The predicted molar refractivity (Wildman–Crippen MR) is 41.7 cm³/mol. The normalized spacial score (nSPS) is 9.83. The Morgan fingerprint density at radius 3 is 2.83 bits per heavy atom. The minimum Gasteiger partial charge on any atom is -0.489 e. The van der Waals surface area contributed by atoms with Crippen LogP contribution < -0.4 is 10.2 Å². The third-order valence-corrected chi connectivity index (χ3v) is 1.31. The van der Waals surface area contributed by atoms with Crippen molar-refractivity contribution in [1.82, 2.24) is 5.48 Å². The van der Waals surface area contributed by atoms with Crippen molar-refractivity contribution in [2.75, 3.05) is 13.2 Å². The number of hydrogen-bond donors (Lipinski definition) is 2. The topological polar surface area (TPSA) is 41.5 Å². The van der Waals surface area contributed by atoms with Crippen molar-refractivity contribution in [2.24, 2.45) is 0 Å². The molecule has 0 aliphatic carbocycles. The van der Waals surface area contributed by atoms with Crippen molar-refractivity contribution in [1.29, 1.82) is 0 Å². The van der Waals surface area contributed by atoms with Crippen molar-refractivity contribution < 1.29 is 14.3 Å². The minimum absolute atomic E-state index is 0.202. The number of benzene rings is 1. The molecule has 0 radical (unpaired) electrons. The molecule has 0 spiro atoms. The molecule has 0 bridgehead atoms. The van der Waals surface area contributed by atoms with Gasteiger partial charge < -0.3 is 9.94 Å². The maximum absolute atomic E-state index is 12.8. The van der Waals surface area contributed by atoms with Crippen LogP contribution in [-0.4, -0.2) is 18.4 Å². The first kappa shape index (κ1) is 8.96. The molecule has 0 fully saturated rings. The molecule has 0 aliphatic rings. The fourth-order valence-electron chi connectivity index (χ4n) is 0.768. The summed E-state index contributed by atoms with van der Waals surface area (Å²) in [5, 5.41) is 8.19. The van der Waals surface area contributed by atoms with E-state index in [9.17, 15) is 4.39 Å². The Labute approximate surface area is 69.7 Å². The van der Waals surface area contributed by atoms with Crippen LogP contribution in [0.1, 0.15) is 0 Å². The maximum Gasteiger partial charge on any atom is 0.165 e. The van der Waals surface area contributed by atoms with E-state index in [1.807, 2.05) is 5.48 Å². The Morgan fingerprint density at radius 2 is 2.17 bits per heavy atom. The zero-order valence-corrected chi connectivity index (χ0v) is 6.46. The number of hydrogen-bond acceptors (Lipinski definition) is 3. The van der Waals surface area contributed by atoms with Gasteiger partial charge in [0.2, 0.25) is 0 Å². The van der Waals surface area contributed by atoms with Crippen LogP contribution in [0.5, 0.6) is 5.75 Å². The molecule has 0 amide bonds. The van der Waals surface area contributed by atoms with Gasteiger partial charge in [0, 0.05) is 0 Å². The second-order valence-corrected chi connectivity index (χ2v) is 2.19. The fourth-order valence-corrected chi connectivity index (χ4v) is 0.768. The number of para-hydroxylation sites is 1. The zero-order valence-electron chi connectivity index (χ0n) is 6.46. The van der Waals surface area contributed by atoms with E-state index in [1.54, 1.807) is 12.1 Å². The molecule has 3 nitrogen and oxygen atoms in total. The lowest BCUT2D eigenvalue weighted by Gasteiger charge is -2.04. The van der Waals surface area contributed by atoms with Gasteiger partial charge in [0.1, 0.15) is 6.61 Å². The van der Waals surface area contributed by atoms with Crippen molar-refractivity contribution in [2.45, 2.75) is 0 Å². The minimum atomic E-state index is -0.393. The summed E-state index contributed by atoms with van der Waals surface area (Å²) in [6.45, 7) is 0.506. The lowest BCUT2D eigenvalue weighted by Crippen LogP contribution is -2.16. The molecule has 1 rings (SSSR count). The van der Waals surface area contributed by atoms with Crippen LogP contribution in [0.15, 0.2) is 24.3 Å². The number of ether oxygens (including phenoxy) is 1. The van der Waals surface area contributed by atoms with Crippen LogP contribution in [0.4, 0.5) is 4.39 Å². The third kappa shape index (κ3) is 2.48. The molecule has 0 aromatic heterocycles. The van der Waals surface area contributed by atoms with Crippen molar-refractivity contribution in [3.05, 3.63) is 30.1 Å². The Morgan fingerprint density at radius 1 is 1.42 bits per heavy atom. The van der Waals surface area contributed by atoms with Crippen LogP contribution in [0.25, 0.3) is 0 Å². The van der Waals surface area contributed by atoms with E-state index < -0.39 is 5.82 Å². The predicted octanol–water partition coefficient (Wildman–Crippen LogP) is 1.18. The molecule has 2 N–H and O–H groups in total. The second kappa shape index (κ2) is 4.69. The third-order valence-electron chi connectivity index (χ3n) is 1.31. The summed E-state index contributed by atoms with van der Waals surface area (Å²) in [6.07, 6.45) is 0. The van der Waals surface area contributed by atoms with Gasteiger partial charge in [0.25, 0.3) is 0 Å². The number of hydroxylamine groups is 1. The molecular weight excluding hydrogens is 161 g/mol. The molecule has 0 saturated heterocycles. The highest BCUT2D eigenvalue weighted by molar-refractivity contribution is 5.23. The Kier molecular flexibility index (Phi) is 3.50. The maximum atomic E-state index is 12.8. The van der Waals surface area contributed by atoms with Gasteiger partial charge in [0.05, 0.1) is 6.54 Å². The Bertz CT molecular complexity index is 242. The van der Waals surface area contributed by atoms with Crippen molar-refractivity contribution >= 4 is 0 Å². The van der Waals surface area contributed by atoms with Gasteiger partial charge in [-0.15, -0.1) is 0 Å². The van der Waals surface area contributed by atoms with Crippen LogP contribution in [-0.2, 0) is 0 Å². The Hall–Kier alpha value is -1.13. The quantitative estimate of drug-likeness (QED) is 0.528. The van der Waals surface area contributed by atoms with E-state index in [0.29, 0.717) is 0 Å². The highest BCUT2D eigenvalue weighted by Gasteiger charge is 1.99. The van der Waals surface area contributed by atoms with E-state index in [-0.39, 0.29) is 18.9 Å². The van der Waals surface area contributed by atoms with Gasteiger partial charge in [0.15, 0.2) is 11.6 Å². The van der Waals surface area contributed by atoms with E-state index in [4.69, 9.17) is 9.94 Å². The van der Waals surface area contributed by atoms with Gasteiger partial charge in [-0.2, -0.15) is 0 Å². The standard InChI is InChI=1S/C8H10FNO2/c9-7-3-1-2-4-8(7)12-6-5-10-11/h1-4,10-11H,5-6H2. The van der Waals surface area contributed by atoms with Crippen LogP contribution in [0, 0.1) is 5.82 Å². The molecule has 0 atom stereocenters. The molecule has 0 saturated carbocycles. The van der Waals surface area contributed by atoms with Crippen LogP contribution >= 0.6 is 0 Å². The molecule has 0 unspecified atom stereocenters. The van der Waals surface area contributed by atoms with E-state index in [2.05, 4.69) is 0 Å². The summed E-state index contributed by atoms with van der Waals surface area (Å²) >= 11 is 0. The van der Waals surface area contributed by atoms with Crippen molar-refractivity contribution in [3.8, 4) is 5.75 Å². The average molecular weight is 171 g/mol. The van der Waals surface area contributed by atoms with Gasteiger partial charge in [-0.25, -0.2) is 9.87 Å². The first-order valence-corrected chi connectivity index (χ1v) is 3.59. The summed E-state index contributed by atoms with van der Waals surface area (Å²) < 4.78 is 17.8. The largest absolute Gasteiger partial charge is 0.489 e. The summed E-state index contributed by atoms with van der Waals surface area (Å²) in [5.41, 5.74) is 1.91. The van der Waals surface area contributed by atoms with Gasteiger partial charge in [-0.3, -0.25) is 0 Å². The van der Waals surface area contributed by atoms with Gasteiger partial charge in [-0.05, 0) is 12.1 Å². The zero-order chi connectivity index (χ0) is 8.81. The van der Waals surface area contributed by atoms with Gasteiger partial charge >= 0.3 is 0 Å². The lowest BCUT2D eigenvalue weighted by atomic mass is 10.3. The van der Waals surface area contributed by atoms with Crippen LogP contribution in [0.2, 0.25) is 0 Å².